The van der Waals surface area contributed by atoms with Crippen LogP contribution in [0.3, 0.4) is 0 Å². The number of nitrogens with one attached hydrogen (secondary N) is 1. The predicted molar refractivity (Wildman–Crippen MR) is 42.1 cm³/mol. The van der Waals surface area contributed by atoms with Crippen molar-refractivity contribution in [1.29, 1.82) is 0 Å². The minimum atomic E-state index is 0.527. The Hall–Kier alpha value is -0.890. The maximum absolute atomic E-state index is 4.32. The number of rotatable bonds is 0. The first-order chi connectivity index (χ1) is 4.97. The zero-order chi connectivity index (χ0) is 6.81. The molecule has 2 aliphatic rings. The minimum absolute atomic E-state index is 0.527. The van der Waals surface area contributed by atoms with Crippen molar-refractivity contribution in [3.05, 3.63) is 24.3 Å². The Morgan fingerprint density at radius 2 is 2.50 bits per heavy atom. The van der Waals surface area contributed by atoms with Gasteiger partial charge in [-0.05, 0) is 6.08 Å². The molecule has 10 heavy (non-hydrogen) atoms. The summed E-state index contributed by atoms with van der Waals surface area (Å²) < 4.78 is 0. The second-order valence-corrected chi connectivity index (χ2v) is 2.55. The molecular weight excluding hydrogens is 124 g/mol. The van der Waals surface area contributed by atoms with E-state index in [9.17, 15) is 0 Å². The molecule has 0 aromatic heterocycles. The zero-order valence-corrected chi connectivity index (χ0v) is 5.75. The van der Waals surface area contributed by atoms with Crippen molar-refractivity contribution in [3.8, 4) is 0 Å². The number of aliphatic imine (C=N–C) groups is 1. The van der Waals surface area contributed by atoms with Crippen LogP contribution >= 0.6 is 0 Å². The topological polar surface area (TPSA) is 24.4 Å². The molecule has 0 spiro atoms. The van der Waals surface area contributed by atoms with Gasteiger partial charge in [0.05, 0.1) is 6.67 Å². The van der Waals surface area contributed by atoms with Gasteiger partial charge in [0.2, 0.25) is 0 Å². The van der Waals surface area contributed by atoms with Crippen molar-refractivity contribution in [1.82, 2.24) is 5.32 Å². The molecule has 1 unspecified atom stereocenters. The average molecular weight is 134 g/mol. The highest BCUT2D eigenvalue weighted by atomic mass is 15.0. The van der Waals surface area contributed by atoms with Crippen LogP contribution in [0.1, 0.15) is 0 Å². The van der Waals surface area contributed by atoms with Gasteiger partial charge in [-0.2, -0.15) is 0 Å². The molecule has 0 bridgehead atoms. The molecule has 0 saturated carbocycles. The molecular formula is C8H10N2. The summed E-state index contributed by atoms with van der Waals surface area (Å²) in [6.07, 6.45) is 8.40. The third-order valence-electron chi connectivity index (χ3n) is 1.84. The van der Waals surface area contributed by atoms with E-state index >= 15 is 0 Å². The van der Waals surface area contributed by atoms with Gasteiger partial charge in [0, 0.05) is 18.2 Å². The van der Waals surface area contributed by atoms with Crippen LogP contribution in [0, 0.1) is 5.92 Å². The molecule has 1 aliphatic heterocycles. The Morgan fingerprint density at radius 1 is 1.50 bits per heavy atom. The lowest BCUT2D eigenvalue weighted by Gasteiger charge is -2.20. The number of allylic oxidation sites excluding steroid dienone is 3. The molecule has 52 valence electrons. The molecule has 0 radical (unpaired) electrons. The third-order valence-corrected chi connectivity index (χ3v) is 1.84. The highest BCUT2D eigenvalue weighted by molar-refractivity contribution is 5.99. The van der Waals surface area contributed by atoms with Crippen LogP contribution in [-0.2, 0) is 0 Å². The van der Waals surface area contributed by atoms with E-state index in [0.717, 1.165) is 13.2 Å². The molecule has 0 aromatic rings. The molecule has 0 aromatic carbocycles. The molecule has 1 heterocycles. The van der Waals surface area contributed by atoms with Gasteiger partial charge >= 0.3 is 0 Å². The lowest BCUT2D eigenvalue weighted by Crippen LogP contribution is -2.33. The standard InChI is InChI=1S/C8H10N2/c1-2-4-8-7(3-1)5-9-6-10-8/h1-4,7,9H,5-6H2. The fourth-order valence-electron chi connectivity index (χ4n) is 1.28. The molecule has 0 fully saturated rings. The summed E-state index contributed by atoms with van der Waals surface area (Å²) >= 11 is 0. The average Bonchev–Trinajstić information content (AvgIpc) is 2.05. The van der Waals surface area contributed by atoms with E-state index in [1.54, 1.807) is 0 Å². The minimum Gasteiger partial charge on any atom is -0.297 e. The van der Waals surface area contributed by atoms with E-state index in [1.165, 1.54) is 5.71 Å². The summed E-state index contributed by atoms with van der Waals surface area (Å²) in [7, 11) is 0. The maximum atomic E-state index is 4.32. The first-order valence-electron chi connectivity index (χ1n) is 3.57. The van der Waals surface area contributed by atoms with Gasteiger partial charge in [0.1, 0.15) is 0 Å². The van der Waals surface area contributed by atoms with Crippen molar-refractivity contribution in [2.24, 2.45) is 10.9 Å². The first-order valence-corrected chi connectivity index (χ1v) is 3.57. The highest BCUT2D eigenvalue weighted by Crippen LogP contribution is 2.10. The molecule has 1 aliphatic carbocycles. The van der Waals surface area contributed by atoms with Gasteiger partial charge in [0.15, 0.2) is 0 Å². The lowest BCUT2D eigenvalue weighted by molar-refractivity contribution is 0.627. The van der Waals surface area contributed by atoms with Crippen LogP contribution < -0.4 is 5.32 Å². The molecule has 2 heteroatoms. The monoisotopic (exact) mass is 134 g/mol. The lowest BCUT2D eigenvalue weighted by atomic mass is 9.97. The van der Waals surface area contributed by atoms with Gasteiger partial charge in [-0.1, -0.05) is 18.2 Å². The first kappa shape index (κ1) is 5.86. The van der Waals surface area contributed by atoms with Crippen molar-refractivity contribution in [2.75, 3.05) is 13.2 Å². The van der Waals surface area contributed by atoms with Crippen LogP contribution in [0.2, 0.25) is 0 Å². The van der Waals surface area contributed by atoms with Crippen LogP contribution in [0.15, 0.2) is 29.3 Å². The van der Waals surface area contributed by atoms with Crippen molar-refractivity contribution in [3.63, 3.8) is 0 Å². The van der Waals surface area contributed by atoms with E-state index < -0.39 is 0 Å². The van der Waals surface area contributed by atoms with Crippen molar-refractivity contribution >= 4 is 5.71 Å². The summed E-state index contributed by atoms with van der Waals surface area (Å²) in [4.78, 5) is 4.32. The van der Waals surface area contributed by atoms with Gasteiger partial charge < -0.3 is 0 Å². The SMILES string of the molecule is C1=CC2=NCNCC2C=C1. The predicted octanol–water partition coefficient (Wildman–Crippen LogP) is 0.730. The number of hydrogen-bond acceptors (Lipinski definition) is 2. The second kappa shape index (κ2) is 2.39. The van der Waals surface area contributed by atoms with Gasteiger partial charge in [-0.3, -0.25) is 10.3 Å². The third kappa shape index (κ3) is 0.907. The Morgan fingerprint density at radius 3 is 3.40 bits per heavy atom. The molecule has 1 atom stereocenters. The van der Waals surface area contributed by atoms with Gasteiger partial charge in [0.25, 0.3) is 0 Å². The Labute approximate surface area is 60.3 Å². The summed E-state index contributed by atoms with van der Waals surface area (Å²) in [5.74, 6) is 0.527. The summed E-state index contributed by atoms with van der Waals surface area (Å²) in [5, 5.41) is 3.21. The molecule has 2 rings (SSSR count). The van der Waals surface area contributed by atoms with Gasteiger partial charge in [-0.25, -0.2) is 0 Å². The van der Waals surface area contributed by atoms with E-state index in [4.69, 9.17) is 0 Å². The smallest absolute Gasteiger partial charge is 0.0888 e. The summed E-state index contributed by atoms with van der Waals surface area (Å²) in [6.45, 7) is 1.82. The molecule has 1 N–H and O–H groups in total. The van der Waals surface area contributed by atoms with Crippen LogP contribution in [0.4, 0.5) is 0 Å². The molecule has 0 saturated heterocycles. The van der Waals surface area contributed by atoms with E-state index in [0.29, 0.717) is 5.92 Å². The Kier molecular flexibility index (Phi) is 1.40. The normalized spacial score (nSPS) is 29.6. The maximum Gasteiger partial charge on any atom is 0.0888 e. The Bertz CT molecular complexity index is 213. The second-order valence-electron chi connectivity index (χ2n) is 2.55. The molecule has 0 amide bonds. The highest BCUT2D eigenvalue weighted by Gasteiger charge is 2.14. The van der Waals surface area contributed by atoms with E-state index in [2.05, 4.69) is 28.5 Å². The molecule has 2 nitrogen and oxygen atoms in total. The number of hydrogen-bond donors (Lipinski definition) is 1. The fraction of sp³-hybridized carbons (Fsp3) is 0.375. The van der Waals surface area contributed by atoms with Crippen LogP contribution in [0.25, 0.3) is 0 Å². The largest absolute Gasteiger partial charge is 0.297 e. The van der Waals surface area contributed by atoms with Gasteiger partial charge in [-0.15, -0.1) is 0 Å². The fourth-order valence-corrected chi connectivity index (χ4v) is 1.28. The summed E-state index contributed by atoms with van der Waals surface area (Å²) in [5.41, 5.74) is 1.22. The van der Waals surface area contributed by atoms with Crippen LogP contribution in [-0.4, -0.2) is 18.9 Å². The summed E-state index contributed by atoms with van der Waals surface area (Å²) in [6, 6.07) is 0. The quantitative estimate of drug-likeness (QED) is 0.519. The van der Waals surface area contributed by atoms with Crippen LogP contribution in [0.5, 0.6) is 0 Å². The zero-order valence-electron chi connectivity index (χ0n) is 5.75. The number of fused-ring (bicyclic) bond motifs is 1. The van der Waals surface area contributed by atoms with Crippen molar-refractivity contribution in [2.45, 2.75) is 0 Å². The number of nitrogens with zero attached hydrogens (tertiary/aromatic N) is 1. The van der Waals surface area contributed by atoms with E-state index in [1.807, 2.05) is 6.08 Å². The van der Waals surface area contributed by atoms with Crippen molar-refractivity contribution < 1.29 is 0 Å². The Balaban J connectivity index is 2.27. The van der Waals surface area contributed by atoms with E-state index in [-0.39, 0.29) is 0 Å².